The van der Waals surface area contributed by atoms with Crippen molar-refractivity contribution in [2.24, 2.45) is 16.6 Å². The van der Waals surface area contributed by atoms with Crippen LogP contribution in [0.15, 0.2) is 47.5 Å². The van der Waals surface area contributed by atoms with E-state index in [-0.39, 0.29) is 23.0 Å². The summed E-state index contributed by atoms with van der Waals surface area (Å²) in [5.41, 5.74) is 5.16. The molecule has 2 heterocycles. The number of piperidine rings is 1. The molecule has 2 aromatic rings. The van der Waals surface area contributed by atoms with Gasteiger partial charge in [-0.25, -0.2) is 4.39 Å². The maximum absolute atomic E-state index is 13.3. The molecule has 1 atom stereocenters. The van der Waals surface area contributed by atoms with E-state index in [2.05, 4.69) is 32.8 Å². The van der Waals surface area contributed by atoms with E-state index in [1.54, 1.807) is 24.3 Å². The van der Waals surface area contributed by atoms with Crippen LogP contribution in [0, 0.1) is 11.7 Å². The number of halogens is 2. The number of carbonyl (C=O) groups excluding carboxylic acids is 3. The number of aliphatic imine (C=N–C) groups is 1. The largest absolute Gasteiger partial charge is 0.367 e. The third kappa shape index (κ3) is 5.66. The number of primary amides is 1. The SMILES string of the molecule is CCN1CCC(CNC(=O)C2=NCNC2(C(N)=O)c2ccc(NC(=O)c3ccc(F)cc3Cl)cc2)CC1. The van der Waals surface area contributed by atoms with Crippen molar-refractivity contribution < 1.29 is 18.8 Å². The van der Waals surface area contributed by atoms with Gasteiger partial charge in [-0.05, 0) is 74.3 Å². The summed E-state index contributed by atoms with van der Waals surface area (Å²) in [6, 6.07) is 9.83. The van der Waals surface area contributed by atoms with Gasteiger partial charge in [0.1, 0.15) is 11.5 Å². The zero-order valence-electron chi connectivity index (χ0n) is 20.5. The molecule has 0 saturated carbocycles. The molecule has 3 amide bonds. The molecular formula is C26H30ClFN6O3. The predicted molar refractivity (Wildman–Crippen MR) is 140 cm³/mol. The average molecular weight is 529 g/mol. The van der Waals surface area contributed by atoms with E-state index in [0.717, 1.165) is 44.6 Å². The molecule has 2 aliphatic heterocycles. The molecule has 1 unspecified atom stereocenters. The topological polar surface area (TPSA) is 129 Å². The van der Waals surface area contributed by atoms with Gasteiger partial charge in [0.05, 0.1) is 17.3 Å². The van der Waals surface area contributed by atoms with Crippen LogP contribution in [0.25, 0.3) is 0 Å². The Morgan fingerprint density at radius 3 is 2.49 bits per heavy atom. The van der Waals surface area contributed by atoms with Crippen LogP contribution in [-0.4, -0.2) is 61.2 Å². The molecule has 2 aromatic carbocycles. The molecule has 11 heteroatoms. The van der Waals surface area contributed by atoms with Gasteiger partial charge in [0, 0.05) is 12.2 Å². The maximum Gasteiger partial charge on any atom is 0.268 e. The summed E-state index contributed by atoms with van der Waals surface area (Å²) in [6.45, 7) is 5.72. The van der Waals surface area contributed by atoms with Gasteiger partial charge in [0.15, 0.2) is 5.54 Å². The smallest absolute Gasteiger partial charge is 0.268 e. The van der Waals surface area contributed by atoms with Crippen molar-refractivity contribution in [1.29, 1.82) is 0 Å². The summed E-state index contributed by atoms with van der Waals surface area (Å²) in [6.07, 6.45) is 1.99. The lowest BCUT2D eigenvalue weighted by Gasteiger charge is -2.31. The second kappa shape index (κ2) is 11.4. The van der Waals surface area contributed by atoms with Crippen LogP contribution < -0.4 is 21.7 Å². The van der Waals surface area contributed by atoms with Crippen molar-refractivity contribution in [1.82, 2.24) is 15.5 Å². The number of rotatable bonds is 8. The summed E-state index contributed by atoms with van der Waals surface area (Å²) in [5.74, 6) is -1.90. The molecule has 4 rings (SSSR count). The molecule has 1 saturated heterocycles. The molecule has 37 heavy (non-hydrogen) atoms. The molecule has 5 N–H and O–H groups in total. The molecule has 0 bridgehead atoms. The fourth-order valence-electron chi connectivity index (χ4n) is 4.77. The van der Waals surface area contributed by atoms with Gasteiger partial charge in [-0.3, -0.25) is 24.7 Å². The zero-order chi connectivity index (χ0) is 26.6. The minimum atomic E-state index is -1.60. The highest BCUT2D eigenvalue weighted by molar-refractivity contribution is 6.47. The first-order valence-corrected chi connectivity index (χ1v) is 12.6. The summed E-state index contributed by atoms with van der Waals surface area (Å²) in [7, 11) is 0. The highest BCUT2D eigenvalue weighted by atomic mass is 35.5. The number of nitrogens with one attached hydrogen (secondary N) is 3. The number of benzene rings is 2. The molecule has 9 nitrogen and oxygen atoms in total. The van der Waals surface area contributed by atoms with E-state index >= 15 is 0 Å². The number of hydrogen-bond acceptors (Lipinski definition) is 6. The van der Waals surface area contributed by atoms with Crippen LogP contribution in [0.4, 0.5) is 10.1 Å². The third-order valence-electron chi connectivity index (χ3n) is 6.98. The zero-order valence-corrected chi connectivity index (χ0v) is 21.3. The van der Waals surface area contributed by atoms with Gasteiger partial charge in [-0.15, -0.1) is 0 Å². The lowest BCUT2D eigenvalue weighted by Crippen LogP contribution is -2.58. The van der Waals surface area contributed by atoms with Gasteiger partial charge in [-0.2, -0.15) is 0 Å². The van der Waals surface area contributed by atoms with Crippen molar-refractivity contribution in [2.75, 3.05) is 38.2 Å². The Morgan fingerprint density at radius 2 is 1.86 bits per heavy atom. The van der Waals surface area contributed by atoms with Crippen LogP contribution in [0.3, 0.4) is 0 Å². The van der Waals surface area contributed by atoms with E-state index in [1.165, 1.54) is 6.07 Å². The first-order chi connectivity index (χ1) is 17.7. The first-order valence-electron chi connectivity index (χ1n) is 12.2. The molecule has 0 spiro atoms. The van der Waals surface area contributed by atoms with Crippen molar-refractivity contribution in [2.45, 2.75) is 25.3 Å². The molecule has 0 radical (unpaired) electrons. The summed E-state index contributed by atoms with van der Waals surface area (Å²) < 4.78 is 13.3. The molecule has 0 aliphatic carbocycles. The van der Waals surface area contributed by atoms with E-state index in [9.17, 15) is 18.8 Å². The van der Waals surface area contributed by atoms with E-state index in [0.29, 0.717) is 23.7 Å². The second-order valence-corrected chi connectivity index (χ2v) is 9.61. The average Bonchev–Trinajstić information content (AvgIpc) is 3.34. The minimum Gasteiger partial charge on any atom is -0.367 e. The van der Waals surface area contributed by atoms with E-state index in [1.807, 2.05) is 0 Å². The summed E-state index contributed by atoms with van der Waals surface area (Å²) >= 11 is 5.98. The van der Waals surface area contributed by atoms with Gasteiger partial charge in [0.2, 0.25) is 5.91 Å². The fraction of sp³-hybridized carbons (Fsp3) is 0.385. The maximum atomic E-state index is 13.3. The van der Waals surface area contributed by atoms with Gasteiger partial charge in [0.25, 0.3) is 11.8 Å². The van der Waals surface area contributed by atoms with Crippen LogP contribution in [0.1, 0.15) is 35.7 Å². The number of likely N-dealkylation sites (tertiary alicyclic amines) is 1. The van der Waals surface area contributed by atoms with Crippen molar-refractivity contribution in [3.63, 3.8) is 0 Å². The van der Waals surface area contributed by atoms with E-state index in [4.69, 9.17) is 17.3 Å². The van der Waals surface area contributed by atoms with Crippen molar-refractivity contribution in [3.8, 4) is 0 Å². The number of amides is 3. The van der Waals surface area contributed by atoms with Crippen LogP contribution in [0.2, 0.25) is 5.02 Å². The Morgan fingerprint density at radius 1 is 1.16 bits per heavy atom. The van der Waals surface area contributed by atoms with Gasteiger partial charge >= 0.3 is 0 Å². The Hall–Kier alpha value is -3.34. The van der Waals surface area contributed by atoms with Gasteiger partial charge < -0.3 is 21.3 Å². The predicted octanol–water partition coefficient (Wildman–Crippen LogP) is 2.26. The third-order valence-corrected chi connectivity index (χ3v) is 7.29. The Kier molecular flexibility index (Phi) is 8.21. The summed E-state index contributed by atoms with van der Waals surface area (Å²) in [4.78, 5) is 45.0. The number of nitrogens with two attached hydrogens (primary N) is 1. The Bertz CT molecular complexity index is 1210. The van der Waals surface area contributed by atoms with Crippen molar-refractivity contribution in [3.05, 3.63) is 64.4 Å². The van der Waals surface area contributed by atoms with Crippen LogP contribution in [0.5, 0.6) is 0 Å². The second-order valence-electron chi connectivity index (χ2n) is 9.20. The van der Waals surface area contributed by atoms with Crippen LogP contribution >= 0.6 is 11.6 Å². The molecule has 196 valence electrons. The fourth-order valence-corrected chi connectivity index (χ4v) is 5.02. The minimum absolute atomic E-state index is 0.0141. The number of hydrogen-bond donors (Lipinski definition) is 4. The normalized spacial score (nSPS) is 20.4. The molecule has 0 aromatic heterocycles. The Balaban J connectivity index is 1.46. The lowest BCUT2D eigenvalue weighted by atomic mass is 9.84. The first kappa shape index (κ1) is 26.7. The molecule has 2 aliphatic rings. The summed E-state index contributed by atoms with van der Waals surface area (Å²) in [5, 5.41) is 8.59. The Labute approximate surface area is 219 Å². The highest BCUT2D eigenvalue weighted by Gasteiger charge is 2.49. The van der Waals surface area contributed by atoms with E-state index < -0.39 is 29.1 Å². The van der Waals surface area contributed by atoms with Gasteiger partial charge in [-0.1, -0.05) is 30.7 Å². The standard InChI is InChI=1S/C26H30ClFN6O3/c1-2-34-11-9-16(10-12-34)14-30-24(36)22-26(25(29)37,32-15-31-22)17-3-6-19(7-4-17)33-23(35)20-8-5-18(28)13-21(20)27/h3-8,13,16,32H,2,9-12,14-15H2,1H3,(H2,29,37)(H,30,36)(H,33,35). The molecule has 1 fully saturated rings. The van der Waals surface area contributed by atoms with Crippen LogP contribution in [-0.2, 0) is 15.1 Å². The number of anilines is 1. The highest BCUT2D eigenvalue weighted by Crippen LogP contribution is 2.29. The molecular weight excluding hydrogens is 499 g/mol. The quantitative estimate of drug-likeness (QED) is 0.418. The number of nitrogens with zero attached hydrogens (tertiary/aromatic N) is 2. The lowest BCUT2D eigenvalue weighted by molar-refractivity contribution is -0.123. The van der Waals surface area contributed by atoms with Crippen molar-refractivity contribution >= 4 is 40.7 Å². The monoisotopic (exact) mass is 528 g/mol. The number of carbonyl (C=O) groups is 3.